The van der Waals surface area contributed by atoms with E-state index in [0.717, 1.165) is 55.3 Å². The van der Waals surface area contributed by atoms with Gasteiger partial charge in [-0.1, -0.05) is 5.57 Å². The highest BCUT2D eigenvalue weighted by Gasteiger charge is 2.19. The first-order chi connectivity index (χ1) is 12.6. The fourth-order valence-electron chi connectivity index (χ4n) is 2.97. The lowest BCUT2D eigenvalue weighted by atomic mass is 10.1. The van der Waals surface area contributed by atoms with Crippen LogP contribution in [0.1, 0.15) is 13.8 Å². The molecule has 2 heterocycles. The minimum absolute atomic E-state index is 0.123. The van der Waals surface area contributed by atoms with E-state index in [1.165, 1.54) is 0 Å². The van der Waals surface area contributed by atoms with Crippen LogP contribution in [-0.2, 0) is 4.79 Å². The smallest absolute Gasteiger partial charge is 0.246 e. The molecule has 1 aromatic heterocycles. The van der Waals surface area contributed by atoms with Crippen LogP contribution in [0.4, 0.5) is 0 Å². The van der Waals surface area contributed by atoms with Gasteiger partial charge in [-0.25, -0.2) is 0 Å². The third kappa shape index (κ3) is 4.95. The Bertz CT molecular complexity index is 726. The van der Waals surface area contributed by atoms with Crippen molar-refractivity contribution in [2.75, 3.05) is 39.3 Å². The maximum absolute atomic E-state index is 12.0. The second-order valence-corrected chi connectivity index (χ2v) is 6.73. The number of nitrogens with zero attached hydrogens (tertiary/aromatic N) is 3. The lowest BCUT2D eigenvalue weighted by molar-refractivity contribution is -0.127. The standard InChI is InChI=1S/C20H26N4O2/c1-16(2)15-20(25)24-11-9-23(10-12-24)13-14-26-18-5-3-17(4-6-18)19-7-8-21-22-19/h3-8,15H,9-14H2,1-2H3,(H,21,22). The van der Waals surface area contributed by atoms with E-state index in [0.29, 0.717) is 6.61 Å². The molecule has 1 amide bonds. The van der Waals surface area contributed by atoms with Crippen LogP contribution < -0.4 is 4.74 Å². The summed E-state index contributed by atoms with van der Waals surface area (Å²) < 4.78 is 5.85. The van der Waals surface area contributed by atoms with Crippen molar-refractivity contribution in [2.45, 2.75) is 13.8 Å². The number of aromatic amines is 1. The zero-order chi connectivity index (χ0) is 18.4. The third-order valence-electron chi connectivity index (χ3n) is 4.44. The molecule has 0 saturated carbocycles. The van der Waals surface area contributed by atoms with Gasteiger partial charge < -0.3 is 9.64 Å². The Morgan fingerprint density at radius 1 is 1.15 bits per heavy atom. The summed E-state index contributed by atoms with van der Waals surface area (Å²) in [6, 6.07) is 9.95. The molecule has 0 aliphatic carbocycles. The quantitative estimate of drug-likeness (QED) is 0.810. The van der Waals surface area contributed by atoms with Gasteiger partial charge in [-0.15, -0.1) is 0 Å². The highest BCUT2D eigenvalue weighted by molar-refractivity contribution is 5.88. The van der Waals surface area contributed by atoms with Crippen LogP contribution in [0.5, 0.6) is 5.75 Å². The van der Waals surface area contributed by atoms with E-state index in [1.807, 2.05) is 49.1 Å². The van der Waals surface area contributed by atoms with Crippen molar-refractivity contribution < 1.29 is 9.53 Å². The summed E-state index contributed by atoms with van der Waals surface area (Å²) >= 11 is 0. The minimum atomic E-state index is 0.123. The van der Waals surface area contributed by atoms with Crippen molar-refractivity contribution in [1.29, 1.82) is 0 Å². The molecule has 3 rings (SSSR count). The monoisotopic (exact) mass is 354 g/mol. The minimum Gasteiger partial charge on any atom is -0.492 e. The predicted octanol–water partition coefficient (Wildman–Crippen LogP) is 2.57. The Labute approximate surface area is 154 Å². The molecule has 2 aromatic rings. The average molecular weight is 354 g/mol. The molecule has 0 radical (unpaired) electrons. The number of hydrogen-bond acceptors (Lipinski definition) is 4. The zero-order valence-electron chi connectivity index (χ0n) is 15.4. The number of aromatic nitrogens is 2. The Kier molecular flexibility index (Phi) is 6.07. The van der Waals surface area contributed by atoms with Crippen molar-refractivity contribution in [1.82, 2.24) is 20.0 Å². The van der Waals surface area contributed by atoms with E-state index < -0.39 is 0 Å². The van der Waals surface area contributed by atoms with E-state index in [9.17, 15) is 4.79 Å². The summed E-state index contributed by atoms with van der Waals surface area (Å²) in [5.41, 5.74) is 3.13. The molecule has 0 bridgehead atoms. The van der Waals surface area contributed by atoms with E-state index in [1.54, 1.807) is 12.3 Å². The summed E-state index contributed by atoms with van der Waals surface area (Å²) in [6.45, 7) is 8.76. The number of hydrogen-bond donors (Lipinski definition) is 1. The number of benzene rings is 1. The number of carbonyl (C=O) groups excluding carboxylic acids is 1. The normalized spacial score (nSPS) is 14.9. The van der Waals surface area contributed by atoms with Gasteiger partial charge in [0.2, 0.25) is 5.91 Å². The molecule has 6 heteroatoms. The second-order valence-electron chi connectivity index (χ2n) is 6.73. The van der Waals surface area contributed by atoms with Gasteiger partial charge in [0.05, 0.1) is 5.69 Å². The summed E-state index contributed by atoms with van der Waals surface area (Å²) in [5.74, 6) is 0.990. The molecule has 26 heavy (non-hydrogen) atoms. The van der Waals surface area contributed by atoms with Gasteiger partial charge in [0, 0.05) is 45.0 Å². The highest BCUT2D eigenvalue weighted by Crippen LogP contribution is 2.20. The average Bonchev–Trinajstić information content (AvgIpc) is 3.17. The largest absolute Gasteiger partial charge is 0.492 e. The summed E-state index contributed by atoms with van der Waals surface area (Å²) in [4.78, 5) is 16.3. The van der Waals surface area contributed by atoms with Crippen LogP contribution in [-0.4, -0.2) is 65.2 Å². The second kappa shape index (κ2) is 8.67. The molecule has 0 atom stereocenters. The van der Waals surface area contributed by atoms with Gasteiger partial charge in [0.15, 0.2) is 0 Å². The highest BCUT2D eigenvalue weighted by atomic mass is 16.5. The molecule has 1 saturated heterocycles. The Morgan fingerprint density at radius 2 is 1.88 bits per heavy atom. The van der Waals surface area contributed by atoms with E-state index in [-0.39, 0.29) is 5.91 Å². The number of carbonyl (C=O) groups is 1. The maximum Gasteiger partial charge on any atom is 0.246 e. The van der Waals surface area contributed by atoms with Gasteiger partial charge in [0.1, 0.15) is 12.4 Å². The Morgan fingerprint density at radius 3 is 2.50 bits per heavy atom. The van der Waals surface area contributed by atoms with Crippen molar-refractivity contribution in [3.63, 3.8) is 0 Å². The van der Waals surface area contributed by atoms with E-state index >= 15 is 0 Å². The molecule has 0 unspecified atom stereocenters. The van der Waals surface area contributed by atoms with Crippen LogP contribution in [0.25, 0.3) is 11.3 Å². The molecule has 6 nitrogen and oxygen atoms in total. The number of H-pyrrole nitrogens is 1. The molecule has 1 aliphatic heterocycles. The lowest BCUT2D eigenvalue weighted by Gasteiger charge is -2.34. The first kappa shape index (κ1) is 18.2. The molecule has 1 aliphatic rings. The van der Waals surface area contributed by atoms with Crippen LogP contribution in [0.3, 0.4) is 0 Å². The fraction of sp³-hybridized carbons (Fsp3) is 0.400. The summed E-state index contributed by atoms with van der Waals surface area (Å²) in [5, 5.41) is 6.91. The van der Waals surface area contributed by atoms with Crippen molar-refractivity contribution in [2.24, 2.45) is 0 Å². The molecular weight excluding hydrogens is 328 g/mol. The van der Waals surface area contributed by atoms with Gasteiger partial charge in [0.25, 0.3) is 0 Å². The number of amides is 1. The number of nitrogens with one attached hydrogen (secondary N) is 1. The van der Waals surface area contributed by atoms with Gasteiger partial charge in [-0.05, 0) is 49.7 Å². The molecule has 138 valence electrons. The zero-order valence-corrected chi connectivity index (χ0v) is 15.4. The first-order valence-corrected chi connectivity index (χ1v) is 9.00. The van der Waals surface area contributed by atoms with Crippen LogP contribution in [0.15, 0.2) is 48.2 Å². The molecule has 1 aromatic carbocycles. The van der Waals surface area contributed by atoms with Gasteiger partial charge in [-0.2, -0.15) is 5.10 Å². The SMILES string of the molecule is CC(C)=CC(=O)N1CCN(CCOc2ccc(-c3ccn[nH]3)cc2)CC1. The third-order valence-corrected chi connectivity index (χ3v) is 4.44. The van der Waals surface area contributed by atoms with Gasteiger partial charge in [-0.3, -0.25) is 14.8 Å². The Balaban J connectivity index is 1.39. The molecule has 1 fully saturated rings. The summed E-state index contributed by atoms with van der Waals surface area (Å²) in [7, 11) is 0. The fourth-order valence-corrected chi connectivity index (χ4v) is 2.97. The maximum atomic E-state index is 12.0. The van der Waals surface area contributed by atoms with Crippen LogP contribution in [0, 0.1) is 0 Å². The number of allylic oxidation sites excluding steroid dienone is 1. The molecular formula is C20H26N4O2. The van der Waals surface area contributed by atoms with Crippen molar-refractivity contribution >= 4 is 5.91 Å². The van der Waals surface area contributed by atoms with Crippen LogP contribution in [0.2, 0.25) is 0 Å². The summed E-state index contributed by atoms with van der Waals surface area (Å²) in [6.07, 6.45) is 3.46. The van der Waals surface area contributed by atoms with Crippen molar-refractivity contribution in [3.05, 3.63) is 48.2 Å². The predicted molar refractivity (Wildman–Crippen MR) is 102 cm³/mol. The first-order valence-electron chi connectivity index (χ1n) is 9.00. The Hall–Kier alpha value is -2.60. The lowest BCUT2D eigenvalue weighted by Crippen LogP contribution is -2.49. The number of rotatable bonds is 6. The van der Waals surface area contributed by atoms with Crippen LogP contribution >= 0.6 is 0 Å². The topological polar surface area (TPSA) is 61.5 Å². The van der Waals surface area contributed by atoms with Gasteiger partial charge >= 0.3 is 0 Å². The van der Waals surface area contributed by atoms with E-state index in [2.05, 4.69) is 15.1 Å². The molecule has 0 spiro atoms. The van der Waals surface area contributed by atoms with E-state index in [4.69, 9.17) is 4.74 Å². The molecule has 1 N–H and O–H groups in total. The van der Waals surface area contributed by atoms with Crippen molar-refractivity contribution in [3.8, 4) is 17.0 Å². The number of ether oxygens (including phenoxy) is 1. The number of piperazine rings is 1.